The minimum atomic E-state index is 0.0494. The van der Waals surface area contributed by atoms with Gasteiger partial charge in [-0.05, 0) is 42.8 Å². The normalized spacial score (nSPS) is 9.53. The molecule has 0 spiro atoms. The first-order valence-corrected chi connectivity index (χ1v) is 6.03. The smallest absolute Gasteiger partial charge is 0.134 e. The van der Waals surface area contributed by atoms with Crippen LogP contribution in [0, 0.1) is 11.8 Å². The molecule has 0 fully saturated rings. The van der Waals surface area contributed by atoms with Crippen molar-refractivity contribution < 1.29 is 9.90 Å². The van der Waals surface area contributed by atoms with Gasteiger partial charge in [0.2, 0.25) is 0 Å². The van der Waals surface area contributed by atoms with Crippen molar-refractivity contribution in [3.63, 3.8) is 0 Å². The molecule has 0 radical (unpaired) electrons. The fraction of sp³-hybridized carbons (Fsp3) is 0.118. The van der Waals surface area contributed by atoms with Gasteiger partial charge in [0.15, 0.2) is 0 Å². The summed E-state index contributed by atoms with van der Waals surface area (Å²) in [5.74, 6) is 6.30. The maximum Gasteiger partial charge on any atom is 0.134 e. The summed E-state index contributed by atoms with van der Waals surface area (Å²) in [4.78, 5) is 11.2. The summed E-state index contributed by atoms with van der Waals surface area (Å²) < 4.78 is 0. The van der Waals surface area contributed by atoms with Crippen molar-refractivity contribution in [1.82, 2.24) is 0 Å². The Bertz CT molecular complexity index is 646. The molecule has 0 heterocycles. The van der Waals surface area contributed by atoms with Crippen LogP contribution in [-0.4, -0.2) is 10.9 Å². The van der Waals surface area contributed by atoms with E-state index in [1.54, 1.807) is 18.2 Å². The van der Waals surface area contributed by atoms with Gasteiger partial charge in [0.05, 0.1) is 0 Å². The fourth-order valence-corrected chi connectivity index (χ4v) is 1.78. The molecule has 19 heavy (non-hydrogen) atoms. The molecule has 2 aromatic carbocycles. The van der Waals surface area contributed by atoms with Crippen molar-refractivity contribution in [2.24, 2.45) is 0 Å². The van der Waals surface area contributed by atoms with Crippen molar-refractivity contribution in [3.8, 4) is 17.6 Å². The number of hydrogen-bond acceptors (Lipinski definition) is 2. The van der Waals surface area contributed by atoms with Gasteiger partial charge in [0, 0.05) is 17.5 Å². The van der Waals surface area contributed by atoms with Gasteiger partial charge in [0.1, 0.15) is 11.5 Å². The van der Waals surface area contributed by atoms with Crippen LogP contribution >= 0.6 is 0 Å². The molecule has 0 aliphatic heterocycles. The Morgan fingerprint density at radius 3 is 2.53 bits per heavy atom. The van der Waals surface area contributed by atoms with E-state index in [-0.39, 0.29) is 18.0 Å². The molecule has 0 bridgehead atoms. The van der Waals surface area contributed by atoms with Gasteiger partial charge in [-0.1, -0.05) is 30.0 Å². The zero-order chi connectivity index (χ0) is 13.7. The second-order valence-electron chi connectivity index (χ2n) is 4.34. The number of ketones is 1. The summed E-state index contributed by atoms with van der Waals surface area (Å²) >= 11 is 0. The van der Waals surface area contributed by atoms with Crippen LogP contribution in [0.4, 0.5) is 0 Å². The van der Waals surface area contributed by atoms with E-state index in [9.17, 15) is 9.90 Å². The van der Waals surface area contributed by atoms with Gasteiger partial charge in [0.25, 0.3) is 0 Å². The van der Waals surface area contributed by atoms with Crippen LogP contribution in [0.1, 0.15) is 23.6 Å². The average Bonchev–Trinajstić information content (AvgIpc) is 2.38. The number of phenols is 1. The number of aromatic hydroxyl groups is 1. The first kappa shape index (κ1) is 12.9. The van der Waals surface area contributed by atoms with Crippen LogP contribution in [0.3, 0.4) is 0 Å². The maximum atomic E-state index is 11.2. The Morgan fingerprint density at radius 2 is 1.84 bits per heavy atom. The van der Waals surface area contributed by atoms with Gasteiger partial charge in [-0.2, -0.15) is 0 Å². The van der Waals surface area contributed by atoms with E-state index in [0.717, 1.165) is 16.7 Å². The van der Waals surface area contributed by atoms with E-state index in [1.165, 1.54) is 6.92 Å². The highest BCUT2D eigenvalue weighted by molar-refractivity contribution is 5.79. The summed E-state index contributed by atoms with van der Waals surface area (Å²) in [5, 5.41) is 9.48. The second-order valence-corrected chi connectivity index (χ2v) is 4.34. The molecule has 2 heteroatoms. The number of benzene rings is 2. The van der Waals surface area contributed by atoms with Crippen molar-refractivity contribution in [2.45, 2.75) is 13.3 Å². The summed E-state index contributed by atoms with van der Waals surface area (Å²) in [5.41, 5.74) is 2.46. The Hall–Kier alpha value is -2.53. The van der Waals surface area contributed by atoms with E-state index in [4.69, 9.17) is 0 Å². The lowest BCUT2D eigenvalue weighted by Gasteiger charge is -2.03. The van der Waals surface area contributed by atoms with Crippen molar-refractivity contribution in [3.05, 3.63) is 65.2 Å². The summed E-state index contributed by atoms with van der Waals surface area (Å²) in [6.45, 7) is 1.53. The monoisotopic (exact) mass is 250 g/mol. The SMILES string of the molecule is CC(=O)Cc1cc(O)ccc1C#Cc1ccccc1. The molecule has 2 nitrogen and oxygen atoms in total. The van der Waals surface area contributed by atoms with Crippen LogP contribution in [0.5, 0.6) is 5.75 Å². The van der Waals surface area contributed by atoms with E-state index in [1.807, 2.05) is 30.3 Å². The zero-order valence-electron chi connectivity index (χ0n) is 10.7. The Labute approximate surface area is 112 Å². The van der Waals surface area contributed by atoms with Crippen molar-refractivity contribution in [1.29, 1.82) is 0 Å². The molecule has 0 aliphatic carbocycles. The number of phenolic OH excluding ortho intramolecular Hbond substituents is 1. The third-order valence-electron chi connectivity index (χ3n) is 2.64. The molecule has 2 rings (SSSR count). The van der Waals surface area contributed by atoms with Gasteiger partial charge in [-0.25, -0.2) is 0 Å². The number of carbonyl (C=O) groups excluding carboxylic acids is 1. The Morgan fingerprint density at radius 1 is 1.11 bits per heavy atom. The maximum absolute atomic E-state index is 11.2. The third-order valence-corrected chi connectivity index (χ3v) is 2.64. The van der Waals surface area contributed by atoms with Crippen LogP contribution in [0.15, 0.2) is 48.5 Å². The van der Waals surface area contributed by atoms with Crippen LogP contribution in [0.25, 0.3) is 0 Å². The number of hydrogen-bond donors (Lipinski definition) is 1. The Balaban J connectivity index is 2.35. The molecular formula is C17H14O2. The number of rotatable bonds is 2. The molecule has 2 aromatic rings. The molecule has 0 aromatic heterocycles. The van der Waals surface area contributed by atoms with E-state index >= 15 is 0 Å². The fourth-order valence-electron chi connectivity index (χ4n) is 1.78. The molecule has 1 N–H and O–H groups in total. The molecule has 0 atom stereocenters. The van der Waals surface area contributed by atoms with Gasteiger partial charge < -0.3 is 5.11 Å². The molecule has 0 aliphatic rings. The first-order valence-electron chi connectivity index (χ1n) is 6.03. The average molecular weight is 250 g/mol. The van der Waals surface area contributed by atoms with Gasteiger partial charge >= 0.3 is 0 Å². The minimum absolute atomic E-state index is 0.0494. The number of carbonyl (C=O) groups is 1. The summed E-state index contributed by atoms with van der Waals surface area (Å²) in [6, 6.07) is 14.6. The highest BCUT2D eigenvalue weighted by atomic mass is 16.3. The van der Waals surface area contributed by atoms with Crippen molar-refractivity contribution >= 4 is 5.78 Å². The highest BCUT2D eigenvalue weighted by Gasteiger charge is 2.04. The summed E-state index contributed by atoms with van der Waals surface area (Å²) in [7, 11) is 0. The molecule has 0 saturated heterocycles. The standard InChI is InChI=1S/C17H14O2/c1-13(18)11-16-12-17(19)10-9-15(16)8-7-14-5-3-2-4-6-14/h2-6,9-10,12,19H,11H2,1H3. The molecule has 0 unspecified atom stereocenters. The summed E-state index contributed by atoms with van der Waals surface area (Å²) in [6.07, 6.45) is 0.285. The Kier molecular flexibility index (Phi) is 4.00. The first-order chi connectivity index (χ1) is 9.15. The van der Waals surface area contributed by atoms with E-state index in [0.29, 0.717) is 0 Å². The predicted octanol–water partition coefficient (Wildman–Crippen LogP) is 2.92. The van der Waals surface area contributed by atoms with E-state index in [2.05, 4.69) is 11.8 Å². The lowest BCUT2D eigenvalue weighted by atomic mass is 10.0. The van der Waals surface area contributed by atoms with Gasteiger partial charge in [-0.15, -0.1) is 0 Å². The van der Waals surface area contributed by atoms with Crippen LogP contribution < -0.4 is 0 Å². The number of Topliss-reactive ketones (excluding diaryl/α,β-unsaturated/α-hetero) is 1. The molecule has 0 saturated carbocycles. The quantitative estimate of drug-likeness (QED) is 0.832. The highest BCUT2D eigenvalue weighted by Crippen LogP contribution is 2.17. The van der Waals surface area contributed by atoms with Crippen LogP contribution in [-0.2, 0) is 11.2 Å². The minimum Gasteiger partial charge on any atom is -0.508 e. The molecule has 0 amide bonds. The molecule has 94 valence electrons. The third kappa shape index (κ3) is 3.72. The van der Waals surface area contributed by atoms with Crippen molar-refractivity contribution in [2.75, 3.05) is 0 Å². The lowest BCUT2D eigenvalue weighted by Crippen LogP contribution is -1.98. The zero-order valence-corrected chi connectivity index (χ0v) is 10.7. The lowest BCUT2D eigenvalue weighted by molar-refractivity contribution is -0.116. The molecular weight excluding hydrogens is 236 g/mol. The second kappa shape index (κ2) is 5.88. The predicted molar refractivity (Wildman–Crippen MR) is 74.9 cm³/mol. The van der Waals surface area contributed by atoms with Crippen LogP contribution in [0.2, 0.25) is 0 Å². The largest absolute Gasteiger partial charge is 0.508 e. The topological polar surface area (TPSA) is 37.3 Å². The van der Waals surface area contributed by atoms with E-state index < -0.39 is 0 Å². The van der Waals surface area contributed by atoms with Gasteiger partial charge in [-0.3, -0.25) is 4.79 Å².